The summed E-state index contributed by atoms with van der Waals surface area (Å²) in [5.41, 5.74) is 9.07. The molecule has 3 N–H and O–H groups in total. The number of nitrogens with zero attached hydrogens (tertiary/aromatic N) is 4. The second-order valence-electron chi connectivity index (χ2n) is 6.93. The maximum absolute atomic E-state index is 11.5. The van der Waals surface area contributed by atoms with E-state index in [0.717, 1.165) is 18.4 Å². The van der Waals surface area contributed by atoms with E-state index < -0.39 is 7.82 Å². The van der Waals surface area contributed by atoms with Gasteiger partial charge >= 0.3 is 7.82 Å². The lowest BCUT2D eigenvalue weighted by Gasteiger charge is -2.09. The molecule has 0 aliphatic rings. The molecule has 0 aliphatic heterocycles. The van der Waals surface area contributed by atoms with Crippen molar-refractivity contribution >= 4 is 36.6 Å². The number of anilines is 1. The molecule has 4 aromatic rings. The Labute approximate surface area is 203 Å². The van der Waals surface area contributed by atoms with Crippen molar-refractivity contribution < 1.29 is 32.3 Å². The van der Waals surface area contributed by atoms with E-state index >= 15 is 0 Å². The summed E-state index contributed by atoms with van der Waals surface area (Å²) in [6, 6.07) is 8.86. The van der Waals surface area contributed by atoms with Gasteiger partial charge in [0.15, 0.2) is 10.2 Å². The highest BCUT2D eigenvalue weighted by Gasteiger charge is 2.22. The van der Waals surface area contributed by atoms with Crippen molar-refractivity contribution in [2.24, 2.45) is 0 Å². The summed E-state index contributed by atoms with van der Waals surface area (Å²) in [4.78, 5) is 17.8. The first-order chi connectivity index (χ1) is 16.3. The quantitative estimate of drug-likeness (QED) is 0.233. The summed E-state index contributed by atoms with van der Waals surface area (Å²) >= 11 is 7.16. The first-order valence-electron chi connectivity index (χ1n) is 9.77. The Morgan fingerprint density at radius 2 is 2.18 bits per heavy atom. The SMILES string of the molecule is COP(=O)(O)OC[n+]1cccc(-c2cc(Cc3ccc(OCc4csc(Cl)n4)nc3)no2)c1N. The van der Waals surface area contributed by atoms with Gasteiger partial charge < -0.3 is 14.2 Å². The van der Waals surface area contributed by atoms with Crippen molar-refractivity contribution in [1.29, 1.82) is 0 Å². The number of thiazole rings is 1. The second kappa shape index (κ2) is 10.6. The predicted octanol–water partition coefficient (Wildman–Crippen LogP) is 3.61. The number of phosphoric ester groups is 1. The van der Waals surface area contributed by atoms with Gasteiger partial charge in [-0.05, 0) is 17.7 Å². The van der Waals surface area contributed by atoms with E-state index in [1.54, 1.807) is 36.7 Å². The third kappa shape index (κ3) is 6.17. The number of halogens is 1. The molecule has 0 aliphatic carbocycles. The molecule has 178 valence electrons. The summed E-state index contributed by atoms with van der Waals surface area (Å²) in [6.45, 7) is 0.00492. The number of nitrogens with two attached hydrogens (primary N) is 1. The third-order valence-corrected chi connectivity index (χ3v) is 6.53. The molecule has 0 bridgehead atoms. The lowest BCUT2D eigenvalue weighted by Crippen LogP contribution is -2.38. The normalized spacial score (nSPS) is 13.0. The fourth-order valence-electron chi connectivity index (χ4n) is 2.90. The average Bonchev–Trinajstić information content (AvgIpc) is 3.47. The maximum atomic E-state index is 11.5. The maximum Gasteiger partial charge on any atom is 0.475 e. The number of pyridine rings is 2. The van der Waals surface area contributed by atoms with Crippen LogP contribution in [0.1, 0.15) is 17.0 Å². The molecule has 0 saturated carbocycles. The summed E-state index contributed by atoms with van der Waals surface area (Å²) < 4.78 is 33.8. The minimum Gasteiger partial charge on any atom is -0.471 e. The lowest BCUT2D eigenvalue weighted by atomic mass is 10.1. The van der Waals surface area contributed by atoms with Gasteiger partial charge in [-0.3, -0.25) is 10.3 Å². The minimum absolute atomic E-state index is 0.269. The van der Waals surface area contributed by atoms with Crippen LogP contribution < -0.4 is 15.0 Å². The Morgan fingerprint density at radius 1 is 1.32 bits per heavy atom. The van der Waals surface area contributed by atoms with E-state index in [-0.39, 0.29) is 19.2 Å². The molecule has 0 radical (unpaired) electrons. The van der Waals surface area contributed by atoms with E-state index in [9.17, 15) is 9.46 Å². The van der Waals surface area contributed by atoms with Crippen LogP contribution in [0.15, 0.2) is 52.6 Å². The van der Waals surface area contributed by atoms with Crippen molar-refractivity contribution in [3.8, 4) is 17.2 Å². The molecular weight excluding hydrogens is 505 g/mol. The van der Waals surface area contributed by atoms with Crippen LogP contribution in [0.25, 0.3) is 11.3 Å². The van der Waals surface area contributed by atoms with Crippen LogP contribution in [0.4, 0.5) is 5.82 Å². The van der Waals surface area contributed by atoms with Gasteiger partial charge in [0.1, 0.15) is 12.2 Å². The summed E-state index contributed by atoms with van der Waals surface area (Å²) in [5.74, 6) is 1.18. The van der Waals surface area contributed by atoms with Crippen LogP contribution in [0.3, 0.4) is 0 Å². The number of phosphoric acid groups is 1. The number of hydrogen-bond acceptors (Lipinski definition) is 10. The molecule has 34 heavy (non-hydrogen) atoms. The molecule has 0 spiro atoms. The highest BCUT2D eigenvalue weighted by Crippen LogP contribution is 2.41. The van der Waals surface area contributed by atoms with Gasteiger partial charge in [-0.15, -0.1) is 11.3 Å². The molecule has 1 unspecified atom stereocenters. The van der Waals surface area contributed by atoms with Gasteiger partial charge in [0, 0.05) is 37.2 Å². The minimum atomic E-state index is -4.14. The van der Waals surface area contributed by atoms with Crippen molar-refractivity contribution in [3.05, 3.63) is 69.5 Å². The summed E-state index contributed by atoms with van der Waals surface area (Å²) in [7, 11) is -3.06. The van der Waals surface area contributed by atoms with E-state index in [2.05, 4.69) is 19.6 Å². The van der Waals surface area contributed by atoms with Gasteiger partial charge in [0.05, 0.1) is 17.6 Å². The van der Waals surface area contributed by atoms with Crippen LogP contribution >= 0.6 is 30.8 Å². The second-order valence-corrected chi connectivity index (χ2v) is 9.93. The van der Waals surface area contributed by atoms with E-state index in [1.807, 2.05) is 11.4 Å². The molecule has 11 nitrogen and oxygen atoms in total. The van der Waals surface area contributed by atoms with Crippen molar-refractivity contribution in [1.82, 2.24) is 15.1 Å². The molecule has 14 heteroatoms. The van der Waals surface area contributed by atoms with Gasteiger partial charge in [0.25, 0.3) is 5.82 Å². The first kappa shape index (κ1) is 24.3. The monoisotopic (exact) mass is 524 g/mol. The van der Waals surface area contributed by atoms with Crippen LogP contribution in [-0.2, 0) is 33.4 Å². The highest BCUT2D eigenvalue weighted by molar-refractivity contribution is 7.47. The molecule has 0 fully saturated rings. The van der Waals surface area contributed by atoms with E-state index in [4.69, 9.17) is 31.1 Å². The number of ether oxygens (including phenoxy) is 1. The largest absolute Gasteiger partial charge is 0.475 e. The molecule has 4 rings (SSSR count). The van der Waals surface area contributed by atoms with Gasteiger partial charge in [0.2, 0.25) is 12.6 Å². The van der Waals surface area contributed by atoms with Gasteiger partial charge in [-0.25, -0.2) is 23.6 Å². The highest BCUT2D eigenvalue weighted by atomic mass is 35.5. The first-order valence-corrected chi connectivity index (χ1v) is 12.5. The Bertz CT molecular complexity index is 1320. The fraction of sp³-hybridized carbons (Fsp3) is 0.200. The zero-order valence-electron chi connectivity index (χ0n) is 17.8. The Morgan fingerprint density at radius 3 is 2.88 bits per heavy atom. The number of nitrogen functional groups attached to an aromatic ring is 1. The Kier molecular flexibility index (Phi) is 7.57. The van der Waals surface area contributed by atoms with E-state index in [1.165, 1.54) is 15.9 Å². The predicted molar refractivity (Wildman–Crippen MR) is 123 cm³/mol. The molecule has 0 saturated heterocycles. The zero-order valence-corrected chi connectivity index (χ0v) is 20.3. The van der Waals surface area contributed by atoms with Crippen LogP contribution in [0.5, 0.6) is 5.88 Å². The van der Waals surface area contributed by atoms with Crippen molar-refractivity contribution in [3.63, 3.8) is 0 Å². The molecule has 4 heterocycles. The average molecular weight is 525 g/mol. The lowest BCUT2D eigenvalue weighted by molar-refractivity contribution is -0.711. The number of hydrogen-bond donors (Lipinski definition) is 2. The Hall–Kier alpha value is -2.86. The number of aromatic nitrogens is 4. The van der Waals surface area contributed by atoms with Crippen molar-refractivity contribution in [2.45, 2.75) is 19.8 Å². The van der Waals surface area contributed by atoms with Crippen molar-refractivity contribution in [2.75, 3.05) is 12.8 Å². The smallest absolute Gasteiger partial charge is 0.471 e. The topological polar surface area (TPSA) is 147 Å². The van der Waals surface area contributed by atoms with Crippen LogP contribution in [0, 0.1) is 0 Å². The molecular formula is C20H20ClN5O6PS+. The molecule has 0 amide bonds. The third-order valence-electron chi connectivity index (χ3n) is 4.60. The summed E-state index contributed by atoms with van der Waals surface area (Å²) in [5, 5.41) is 5.93. The molecule has 0 aromatic carbocycles. The van der Waals surface area contributed by atoms with Crippen LogP contribution in [0.2, 0.25) is 4.47 Å². The molecule has 1 atom stereocenters. The summed E-state index contributed by atoms with van der Waals surface area (Å²) in [6.07, 6.45) is 3.78. The zero-order chi connectivity index (χ0) is 24.1. The standard InChI is InChI=1S/C20H19ClN5O6PS/c1-29-33(27,28)31-12-26-6-2-3-16(19(26)22)17-8-14(25-32-17)7-13-4-5-18(23-9-13)30-10-15-11-34-20(21)24-15/h2-6,8-9,11,22H,7,10,12H2,1H3,(H,27,28)/p+1. The van der Waals surface area contributed by atoms with Gasteiger partial charge in [-0.1, -0.05) is 22.8 Å². The number of rotatable bonds is 10. The Balaban J connectivity index is 1.39. The van der Waals surface area contributed by atoms with E-state index in [0.29, 0.717) is 33.8 Å². The van der Waals surface area contributed by atoms with Crippen LogP contribution in [-0.4, -0.2) is 27.1 Å². The molecule has 4 aromatic heterocycles. The van der Waals surface area contributed by atoms with Gasteiger partial charge in [-0.2, -0.15) is 0 Å². The fourth-order valence-corrected chi connectivity index (χ4v) is 4.04.